The summed E-state index contributed by atoms with van der Waals surface area (Å²) in [6, 6.07) is 3.65. The topological polar surface area (TPSA) is 68.5 Å². The lowest BCUT2D eigenvalue weighted by Gasteiger charge is -2.32. The van der Waals surface area contributed by atoms with Gasteiger partial charge in [0.15, 0.2) is 0 Å². The first-order valence-electron chi connectivity index (χ1n) is 6.35. The van der Waals surface area contributed by atoms with Crippen molar-refractivity contribution in [2.45, 2.75) is 25.8 Å². The van der Waals surface area contributed by atoms with E-state index in [2.05, 4.69) is 9.88 Å². The van der Waals surface area contributed by atoms with Crippen molar-refractivity contribution in [2.75, 3.05) is 24.6 Å². The van der Waals surface area contributed by atoms with Gasteiger partial charge in [0.1, 0.15) is 11.4 Å². The van der Waals surface area contributed by atoms with E-state index < -0.39 is 0 Å². The predicted octanol–water partition coefficient (Wildman–Crippen LogP) is 1.19. The first-order valence-corrected chi connectivity index (χ1v) is 6.35. The molecule has 5 heteroatoms. The van der Waals surface area contributed by atoms with Crippen molar-refractivity contribution in [1.29, 1.82) is 0 Å². The molecule has 18 heavy (non-hydrogen) atoms. The van der Waals surface area contributed by atoms with Gasteiger partial charge in [0, 0.05) is 25.3 Å². The van der Waals surface area contributed by atoms with Crippen molar-refractivity contribution in [3.63, 3.8) is 0 Å². The molecule has 1 atom stereocenters. The Balaban J connectivity index is 2.23. The molecule has 0 bridgehead atoms. The monoisotopic (exact) mass is 249 g/mol. The Morgan fingerprint density at radius 3 is 3.22 bits per heavy atom. The van der Waals surface area contributed by atoms with Gasteiger partial charge in [-0.25, -0.2) is 9.78 Å². The summed E-state index contributed by atoms with van der Waals surface area (Å²) < 4.78 is 5.05. The lowest BCUT2D eigenvalue weighted by Crippen LogP contribution is -2.43. The average molecular weight is 249 g/mol. The number of pyridine rings is 1. The maximum absolute atomic E-state index is 11.9. The van der Waals surface area contributed by atoms with Crippen LogP contribution < -0.4 is 10.6 Å². The molecule has 2 N–H and O–H groups in total. The van der Waals surface area contributed by atoms with Crippen LogP contribution in [0.25, 0.3) is 0 Å². The van der Waals surface area contributed by atoms with Gasteiger partial charge in [-0.3, -0.25) is 0 Å². The fourth-order valence-electron chi connectivity index (χ4n) is 2.22. The molecule has 0 radical (unpaired) electrons. The van der Waals surface area contributed by atoms with Gasteiger partial charge in [0.05, 0.1) is 6.61 Å². The zero-order chi connectivity index (χ0) is 13.0. The molecule has 1 aliphatic heterocycles. The highest BCUT2D eigenvalue weighted by Crippen LogP contribution is 2.21. The molecule has 1 fully saturated rings. The van der Waals surface area contributed by atoms with Crippen molar-refractivity contribution in [2.24, 2.45) is 5.73 Å². The number of nitrogens with zero attached hydrogens (tertiary/aromatic N) is 2. The van der Waals surface area contributed by atoms with Crippen LogP contribution in [0.3, 0.4) is 0 Å². The summed E-state index contributed by atoms with van der Waals surface area (Å²) in [5.41, 5.74) is 6.48. The third-order valence-corrected chi connectivity index (χ3v) is 3.04. The Kier molecular flexibility index (Phi) is 4.15. The average Bonchev–Trinajstić information content (AvgIpc) is 2.39. The van der Waals surface area contributed by atoms with Crippen molar-refractivity contribution in [1.82, 2.24) is 4.98 Å². The molecule has 0 amide bonds. The molecule has 1 aromatic rings. The maximum atomic E-state index is 11.9. The summed E-state index contributed by atoms with van der Waals surface area (Å²) in [4.78, 5) is 18.2. The van der Waals surface area contributed by atoms with Crippen LogP contribution in [-0.4, -0.2) is 36.7 Å². The number of ether oxygens (including phenoxy) is 1. The largest absolute Gasteiger partial charge is 0.462 e. The van der Waals surface area contributed by atoms with E-state index in [1.165, 1.54) is 0 Å². The summed E-state index contributed by atoms with van der Waals surface area (Å²) in [6.07, 6.45) is 3.75. The number of piperidine rings is 1. The van der Waals surface area contributed by atoms with Crippen LogP contribution in [0.1, 0.15) is 30.1 Å². The summed E-state index contributed by atoms with van der Waals surface area (Å²) in [6.45, 7) is 3.79. The molecule has 0 spiro atoms. The standard InChI is InChI=1S/C13H19N3O2/c1-2-18-13(17)11-6-3-7-15-12(11)16-8-4-5-10(14)9-16/h3,6-7,10H,2,4-5,8-9,14H2,1H3. The van der Waals surface area contributed by atoms with Gasteiger partial charge in [0.2, 0.25) is 0 Å². The highest BCUT2D eigenvalue weighted by molar-refractivity contribution is 5.94. The fourth-order valence-corrected chi connectivity index (χ4v) is 2.22. The second kappa shape index (κ2) is 5.82. The van der Waals surface area contributed by atoms with Crippen molar-refractivity contribution in [3.8, 4) is 0 Å². The minimum absolute atomic E-state index is 0.149. The summed E-state index contributed by atoms with van der Waals surface area (Å²) in [5, 5.41) is 0. The molecule has 0 saturated carbocycles. The second-order valence-electron chi connectivity index (χ2n) is 4.44. The third kappa shape index (κ3) is 2.79. The van der Waals surface area contributed by atoms with E-state index in [9.17, 15) is 4.79 Å². The molecule has 98 valence electrons. The van der Waals surface area contributed by atoms with Crippen LogP contribution in [-0.2, 0) is 4.74 Å². The Bertz CT molecular complexity index is 422. The molecule has 1 aliphatic rings. The van der Waals surface area contributed by atoms with Gasteiger partial charge in [-0.15, -0.1) is 0 Å². The molecule has 1 unspecified atom stereocenters. The van der Waals surface area contributed by atoms with E-state index in [-0.39, 0.29) is 12.0 Å². The molecule has 1 aromatic heterocycles. The zero-order valence-corrected chi connectivity index (χ0v) is 10.6. The number of anilines is 1. The van der Waals surface area contributed by atoms with E-state index in [4.69, 9.17) is 10.5 Å². The van der Waals surface area contributed by atoms with E-state index in [1.54, 1.807) is 25.3 Å². The van der Waals surface area contributed by atoms with Gasteiger partial charge in [-0.05, 0) is 31.9 Å². The smallest absolute Gasteiger partial charge is 0.341 e. The van der Waals surface area contributed by atoms with Gasteiger partial charge in [-0.2, -0.15) is 0 Å². The van der Waals surface area contributed by atoms with Gasteiger partial charge in [-0.1, -0.05) is 0 Å². The molecule has 5 nitrogen and oxygen atoms in total. The molecule has 1 saturated heterocycles. The minimum Gasteiger partial charge on any atom is -0.462 e. The molecular formula is C13H19N3O2. The van der Waals surface area contributed by atoms with Crippen molar-refractivity contribution in [3.05, 3.63) is 23.9 Å². The number of carbonyl (C=O) groups excluding carboxylic acids is 1. The van der Waals surface area contributed by atoms with E-state index in [1.807, 2.05) is 0 Å². The van der Waals surface area contributed by atoms with Crippen LogP contribution in [0.15, 0.2) is 18.3 Å². The van der Waals surface area contributed by atoms with Crippen LogP contribution in [0.5, 0.6) is 0 Å². The molecule has 2 heterocycles. The quantitative estimate of drug-likeness (QED) is 0.815. The van der Waals surface area contributed by atoms with E-state index in [0.29, 0.717) is 18.0 Å². The number of carbonyl (C=O) groups is 1. The van der Waals surface area contributed by atoms with Crippen LogP contribution in [0.4, 0.5) is 5.82 Å². The van der Waals surface area contributed by atoms with Crippen molar-refractivity contribution >= 4 is 11.8 Å². The second-order valence-corrected chi connectivity index (χ2v) is 4.44. The minimum atomic E-state index is -0.320. The highest BCUT2D eigenvalue weighted by atomic mass is 16.5. The van der Waals surface area contributed by atoms with Crippen LogP contribution in [0, 0.1) is 0 Å². The van der Waals surface area contributed by atoms with Crippen molar-refractivity contribution < 1.29 is 9.53 Å². The number of hydrogen-bond acceptors (Lipinski definition) is 5. The number of aromatic nitrogens is 1. The maximum Gasteiger partial charge on any atom is 0.341 e. The predicted molar refractivity (Wildman–Crippen MR) is 69.6 cm³/mol. The number of nitrogens with two attached hydrogens (primary N) is 1. The van der Waals surface area contributed by atoms with Crippen LogP contribution in [0.2, 0.25) is 0 Å². The normalized spacial score (nSPS) is 19.7. The highest BCUT2D eigenvalue weighted by Gasteiger charge is 2.23. The molecule has 0 aliphatic carbocycles. The van der Waals surface area contributed by atoms with Crippen LogP contribution >= 0.6 is 0 Å². The Hall–Kier alpha value is -1.62. The van der Waals surface area contributed by atoms with Gasteiger partial charge < -0.3 is 15.4 Å². The number of esters is 1. The third-order valence-electron chi connectivity index (χ3n) is 3.04. The van der Waals surface area contributed by atoms with E-state index >= 15 is 0 Å². The lowest BCUT2D eigenvalue weighted by atomic mass is 10.1. The number of hydrogen-bond donors (Lipinski definition) is 1. The van der Waals surface area contributed by atoms with Gasteiger partial charge in [0.25, 0.3) is 0 Å². The SMILES string of the molecule is CCOC(=O)c1cccnc1N1CCCC(N)C1. The van der Waals surface area contributed by atoms with E-state index in [0.717, 1.165) is 25.9 Å². The number of rotatable bonds is 3. The first-order chi connectivity index (χ1) is 8.72. The Morgan fingerprint density at radius 2 is 2.50 bits per heavy atom. The molecule has 2 rings (SSSR count). The Morgan fingerprint density at radius 1 is 1.67 bits per heavy atom. The fraction of sp³-hybridized carbons (Fsp3) is 0.538. The van der Waals surface area contributed by atoms with Gasteiger partial charge >= 0.3 is 5.97 Å². The molecule has 0 aromatic carbocycles. The Labute approximate surface area is 107 Å². The first kappa shape index (κ1) is 12.8. The summed E-state index contributed by atoms with van der Waals surface area (Å²) >= 11 is 0. The molecular weight excluding hydrogens is 230 g/mol. The summed E-state index contributed by atoms with van der Waals surface area (Å²) in [7, 11) is 0. The lowest BCUT2D eigenvalue weighted by molar-refractivity contribution is 0.0526. The summed E-state index contributed by atoms with van der Waals surface area (Å²) in [5.74, 6) is 0.367. The zero-order valence-electron chi connectivity index (χ0n) is 10.6.